The second-order valence-electron chi connectivity index (χ2n) is 7.34. The lowest BCUT2D eigenvalue weighted by molar-refractivity contribution is 0.144. The fourth-order valence-corrected chi connectivity index (χ4v) is 4.20. The maximum atomic E-state index is 13.0. The van der Waals surface area contributed by atoms with Crippen molar-refractivity contribution in [3.05, 3.63) is 36.4 Å². The number of imidazole rings is 1. The summed E-state index contributed by atoms with van der Waals surface area (Å²) in [5, 5.41) is 3.98. The van der Waals surface area contributed by atoms with E-state index in [1.807, 2.05) is 6.92 Å². The van der Waals surface area contributed by atoms with Gasteiger partial charge in [-0.2, -0.15) is 5.10 Å². The highest BCUT2D eigenvalue weighted by atomic mass is 32.2. The number of rotatable bonds is 6. The Morgan fingerprint density at radius 3 is 2.80 bits per heavy atom. The van der Waals surface area contributed by atoms with Crippen molar-refractivity contribution in [3.8, 4) is 11.4 Å². The van der Waals surface area contributed by atoms with Gasteiger partial charge in [-0.15, -0.1) is 0 Å². The van der Waals surface area contributed by atoms with Crippen molar-refractivity contribution in [2.75, 3.05) is 24.2 Å². The van der Waals surface area contributed by atoms with E-state index in [-0.39, 0.29) is 17.7 Å². The third-order valence-electron chi connectivity index (χ3n) is 5.34. The molecule has 3 aromatic heterocycles. The molecule has 0 spiro atoms. The Kier molecular flexibility index (Phi) is 5.36. The number of nitrogens with one attached hydrogen (secondary N) is 1. The van der Waals surface area contributed by atoms with Crippen LogP contribution in [0.5, 0.6) is 0 Å². The Morgan fingerprint density at radius 1 is 1.27 bits per heavy atom. The molecule has 0 aliphatic carbocycles. The van der Waals surface area contributed by atoms with E-state index < -0.39 is 16.4 Å². The highest BCUT2D eigenvalue weighted by Gasteiger charge is 2.32. The van der Waals surface area contributed by atoms with Gasteiger partial charge in [-0.1, -0.05) is 0 Å². The number of halogens is 2. The van der Waals surface area contributed by atoms with Gasteiger partial charge in [0, 0.05) is 25.2 Å². The first-order chi connectivity index (χ1) is 14.2. The van der Waals surface area contributed by atoms with Crippen molar-refractivity contribution < 1.29 is 17.2 Å². The van der Waals surface area contributed by atoms with E-state index in [0.29, 0.717) is 35.9 Å². The first-order valence-electron chi connectivity index (χ1n) is 9.39. The molecule has 12 heteroatoms. The van der Waals surface area contributed by atoms with Crippen LogP contribution < -0.4 is 9.62 Å². The van der Waals surface area contributed by atoms with Crippen LogP contribution in [0.25, 0.3) is 17.0 Å². The monoisotopic (exact) mass is 437 g/mol. The number of hydrogen-bond acceptors (Lipinski definition) is 7. The standard InChI is InChI=1S/C18H21F2N7O2S/c1-11-12(8-24-30(2,28)29)5-6-26(11)17-7-14(22-10-23-17)15-9-21-16-4-3-13(18(19)20)25-27(15)16/h3-4,7,9-12,18,24H,5-6,8H2,1-2H3. The second-order valence-corrected chi connectivity index (χ2v) is 9.17. The third-order valence-corrected chi connectivity index (χ3v) is 6.03. The molecule has 0 radical (unpaired) electrons. The quantitative estimate of drug-likeness (QED) is 0.628. The van der Waals surface area contributed by atoms with Crippen molar-refractivity contribution in [1.29, 1.82) is 0 Å². The maximum absolute atomic E-state index is 13.0. The lowest BCUT2D eigenvalue weighted by Gasteiger charge is -2.26. The largest absolute Gasteiger partial charge is 0.353 e. The average Bonchev–Trinajstić information content (AvgIpc) is 3.28. The molecule has 30 heavy (non-hydrogen) atoms. The van der Waals surface area contributed by atoms with Crippen molar-refractivity contribution in [2.24, 2.45) is 5.92 Å². The van der Waals surface area contributed by atoms with Gasteiger partial charge in [-0.3, -0.25) is 0 Å². The lowest BCUT2D eigenvalue weighted by atomic mass is 10.0. The molecule has 1 aliphatic heterocycles. The van der Waals surface area contributed by atoms with Gasteiger partial charge in [0.1, 0.15) is 23.5 Å². The highest BCUT2D eigenvalue weighted by Crippen LogP contribution is 2.30. The molecule has 3 aromatic rings. The van der Waals surface area contributed by atoms with Crippen LogP contribution in [0.1, 0.15) is 25.5 Å². The summed E-state index contributed by atoms with van der Waals surface area (Å²) in [5.74, 6) is 0.818. The van der Waals surface area contributed by atoms with Crippen LogP contribution in [0.2, 0.25) is 0 Å². The second kappa shape index (κ2) is 7.84. The number of sulfonamides is 1. The van der Waals surface area contributed by atoms with E-state index in [1.165, 1.54) is 29.2 Å². The SMILES string of the molecule is CC1C(CNS(C)(=O)=O)CCN1c1cc(-c2cnc3ccc(C(F)F)nn23)ncn1. The fourth-order valence-electron chi connectivity index (χ4n) is 3.68. The van der Waals surface area contributed by atoms with Gasteiger partial charge in [0.15, 0.2) is 5.65 Å². The van der Waals surface area contributed by atoms with E-state index in [1.54, 1.807) is 6.07 Å². The molecule has 1 N–H and O–H groups in total. The summed E-state index contributed by atoms with van der Waals surface area (Å²) in [7, 11) is -3.25. The van der Waals surface area contributed by atoms with Crippen LogP contribution in [0.4, 0.5) is 14.6 Å². The molecule has 2 unspecified atom stereocenters. The number of anilines is 1. The summed E-state index contributed by atoms with van der Waals surface area (Å²) < 4.78 is 52.8. The van der Waals surface area contributed by atoms with Crippen LogP contribution in [0.15, 0.2) is 30.7 Å². The minimum atomic E-state index is -3.25. The van der Waals surface area contributed by atoms with Gasteiger partial charge in [0.2, 0.25) is 10.0 Å². The molecule has 1 aliphatic rings. The van der Waals surface area contributed by atoms with E-state index in [9.17, 15) is 17.2 Å². The predicted octanol–water partition coefficient (Wildman–Crippen LogP) is 1.89. The zero-order valence-electron chi connectivity index (χ0n) is 16.4. The number of fused-ring (bicyclic) bond motifs is 1. The minimum absolute atomic E-state index is 0.0627. The molecular formula is C18H21F2N7O2S. The first-order valence-corrected chi connectivity index (χ1v) is 11.3. The maximum Gasteiger partial charge on any atom is 0.282 e. The molecule has 1 saturated heterocycles. The summed E-state index contributed by atoms with van der Waals surface area (Å²) >= 11 is 0. The zero-order valence-corrected chi connectivity index (χ0v) is 17.2. The molecule has 0 amide bonds. The number of aromatic nitrogens is 5. The first kappa shape index (κ1) is 20.5. The zero-order chi connectivity index (χ0) is 21.5. The summed E-state index contributed by atoms with van der Waals surface area (Å²) in [6.07, 6.45) is 2.22. The molecule has 2 atom stereocenters. The minimum Gasteiger partial charge on any atom is -0.353 e. The van der Waals surface area contributed by atoms with E-state index >= 15 is 0 Å². The van der Waals surface area contributed by atoms with Crippen LogP contribution >= 0.6 is 0 Å². The molecule has 0 aromatic carbocycles. The van der Waals surface area contributed by atoms with Crippen molar-refractivity contribution in [3.63, 3.8) is 0 Å². The molecule has 1 fully saturated rings. The number of nitrogens with zero attached hydrogens (tertiary/aromatic N) is 6. The Morgan fingerprint density at radius 2 is 2.07 bits per heavy atom. The molecule has 0 saturated carbocycles. The lowest BCUT2D eigenvalue weighted by Crippen LogP contribution is -2.36. The smallest absolute Gasteiger partial charge is 0.282 e. The van der Waals surface area contributed by atoms with Gasteiger partial charge in [0.25, 0.3) is 6.43 Å². The van der Waals surface area contributed by atoms with Gasteiger partial charge < -0.3 is 4.90 Å². The Hall–Kier alpha value is -2.73. The number of alkyl halides is 2. The van der Waals surface area contributed by atoms with Crippen LogP contribution in [-0.4, -0.2) is 58.4 Å². The van der Waals surface area contributed by atoms with E-state index in [2.05, 4.69) is 29.7 Å². The Bertz CT molecular complexity index is 1170. The highest BCUT2D eigenvalue weighted by molar-refractivity contribution is 7.88. The molecular weight excluding hydrogens is 416 g/mol. The Labute approximate surface area is 172 Å². The molecule has 4 rings (SSSR count). The molecule has 160 valence electrons. The van der Waals surface area contributed by atoms with Crippen molar-refractivity contribution >= 4 is 21.5 Å². The summed E-state index contributed by atoms with van der Waals surface area (Å²) in [5.41, 5.74) is 1.09. The normalized spacial score (nSPS) is 19.8. The van der Waals surface area contributed by atoms with Crippen molar-refractivity contribution in [1.82, 2.24) is 29.3 Å². The van der Waals surface area contributed by atoms with Gasteiger partial charge in [-0.25, -0.2) is 41.4 Å². The topological polar surface area (TPSA) is 105 Å². The van der Waals surface area contributed by atoms with Crippen molar-refractivity contribution in [2.45, 2.75) is 25.8 Å². The Balaban J connectivity index is 1.61. The van der Waals surface area contributed by atoms with E-state index in [4.69, 9.17) is 0 Å². The van der Waals surface area contributed by atoms with Gasteiger partial charge in [0.05, 0.1) is 18.1 Å². The average molecular weight is 437 g/mol. The van der Waals surface area contributed by atoms with Crippen LogP contribution in [-0.2, 0) is 10.0 Å². The number of hydrogen-bond donors (Lipinski definition) is 1. The van der Waals surface area contributed by atoms with Gasteiger partial charge in [-0.05, 0) is 31.4 Å². The third kappa shape index (κ3) is 4.10. The molecule has 9 nitrogen and oxygen atoms in total. The fraction of sp³-hybridized carbons (Fsp3) is 0.444. The van der Waals surface area contributed by atoms with Crippen LogP contribution in [0, 0.1) is 5.92 Å². The molecule has 4 heterocycles. The van der Waals surface area contributed by atoms with E-state index in [0.717, 1.165) is 12.7 Å². The van der Waals surface area contributed by atoms with Crippen LogP contribution in [0.3, 0.4) is 0 Å². The van der Waals surface area contributed by atoms with Gasteiger partial charge >= 0.3 is 0 Å². The predicted molar refractivity (Wildman–Crippen MR) is 107 cm³/mol. The summed E-state index contributed by atoms with van der Waals surface area (Å²) in [6, 6.07) is 4.57. The summed E-state index contributed by atoms with van der Waals surface area (Å²) in [4.78, 5) is 14.9. The summed E-state index contributed by atoms with van der Waals surface area (Å²) in [6.45, 7) is 3.10. The molecule has 0 bridgehead atoms.